The second kappa shape index (κ2) is 2.61. The third kappa shape index (κ3) is 1.20. The van der Waals surface area contributed by atoms with Gasteiger partial charge in [-0.05, 0) is 12.3 Å². The van der Waals surface area contributed by atoms with Crippen molar-refractivity contribution in [1.29, 1.82) is 0 Å². The van der Waals surface area contributed by atoms with E-state index < -0.39 is 0 Å². The largest absolute Gasteiger partial charge is 0.380 e. The molecule has 4 nitrogen and oxygen atoms in total. The van der Waals surface area contributed by atoms with Crippen molar-refractivity contribution in [1.82, 2.24) is 10.6 Å². The number of rotatable bonds is 2. The third-order valence-electron chi connectivity index (χ3n) is 3.35. The van der Waals surface area contributed by atoms with Gasteiger partial charge in [0.05, 0.1) is 19.8 Å². The monoisotopic (exact) mass is 181 g/mol. The first-order chi connectivity index (χ1) is 6.39. The molecule has 1 saturated heterocycles. The standard InChI is InChI=1S/C9H15N3O/c1-2-11-8(10-1)12-5-9-3-7(9)4-13-6-9/h7H,1-6H2,(H2,10,11,12). The van der Waals surface area contributed by atoms with E-state index in [4.69, 9.17) is 4.74 Å². The summed E-state index contributed by atoms with van der Waals surface area (Å²) in [4.78, 5) is 4.30. The number of guanidine groups is 1. The summed E-state index contributed by atoms with van der Waals surface area (Å²) in [5, 5.41) is 6.58. The van der Waals surface area contributed by atoms with Crippen molar-refractivity contribution in [3.05, 3.63) is 0 Å². The lowest BCUT2D eigenvalue weighted by Crippen LogP contribution is -2.38. The first kappa shape index (κ1) is 7.62. The lowest BCUT2D eigenvalue weighted by molar-refractivity contribution is 0.147. The Morgan fingerprint density at radius 2 is 2.69 bits per heavy atom. The van der Waals surface area contributed by atoms with Gasteiger partial charge in [0.25, 0.3) is 0 Å². The van der Waals surface area contributed by atoms with Crippen LogP contribution in [0.3, 0.4) is 0 Å². The van der Waals surface area contributed by atoms with Gasteiger partial charge in [-0.2, -0.15) is 0 Å². The first-order valence-electron chi connectivity index (χ1n) is 4.99. The highest BCUT2D eigenvalue weighted by Gasteiger charge is 2.58. The molecule has 3 rings (SSSR count). The van der Waals surface area contributed by atoms with Crippen LogP contribution in [0.5, 0.6) is 0 Å². The molecule has 0 radical (unpaired) electrons. The Kier molecular flexibility index (Phi) is 1.53. The summed E-state index contributed by atoms with van der Waals surface area (Å²) in [6, 6.07) is 0. The zero-order valence-corrected chi connectivity index (χ0v) is 7.68. The van der Waals surface area contributed by atoms with Gasteiger partial charge in [0.1, 0.15) is 0 Å². The van der Waals surface area contributed by atoms with E-state index in [1.54, 1.807) is 0 Å². The molecule has 0 aromatic rings. The van der Waals surface area contributed by atoms with Crippen molar-refractivity contribution >= 4 is 5.96 Å². The zero-order chi connectivity index (χ0) is 8.73. The summed E-state index contributed by atoms with van der Waals surface area (Å²) < 4.78 is 5.42. The molecule has 2 atom stereocenters. The van der Waals surface area contributed by atoms with Gasteiger partial charge in [0, 0.05) is 18.5 Å². The molecule has 4 heteroatoms. The van der Waals surface area contributed by atoms with Crippen LogP contribution in [0.1, 0.15) is 6.42 Å². The van der Waals surface area contributed by atoms with Gasteiger partial charge in [-0.3, -0.25) is 4.99 Å². The second-order valence-electron chi connectivity index (χ2n) is 4.29. The van der Waals surface area contributed by atoms with Crippen LogP contribution in [-0.4, -0.2) is 38.8 Å². The number of nitrogens with zero attached hydrogens (tertiary/aromatic N) is 1. The Morgan fingerprint density at radius 3 is 3.31 bits per heavy atom. The predicted octanol–water partition coefficient (Wildman–Crippen LogP) is -0.428. The van der Waals surface area contributed by atoms with Crippen LogP contribution >= 0.6 is 0 Å². The normalized spacial score (nSPS) is 40.9. The molecular weight excluding hydrogens is 166 g/mol. The number of hydrogen-bond donors (Lipinski definition) is 2. The molecule has 2 aliphatic heterocycles. The zero-order valence-electron chi connectivity index (χ0n) is 7.68. The summed E-state index contributed by atoms with van der Waals surface area (Å²) in [5.41, 5.74) is 0.465. The van der Waals surface area contributed by atoms with E-state index in [1.807, 2.05) is 0 Å². The Labute approximate surface area is 77.7 Å². The highest BCUT2D eigenvalue weighted by atomic mass is 16.5. The summed E-state index contributed by atoms with van der Waals surface area (Å²) >= 11 is 0. The molecule has 1 aliphatic carbocycles. The summed E-state index contributed by atoms with van der Waals surface area (Å²) in [7, 11) is 0. The number of hydrogen-bond acceptors (Lipinski definition) is 4. The van der Waals surface area contributed by atoms with Crippen LogP contribution in [-0.2, 0) is 4.74 Å². The Bertz CT molecular complexity index is 253. The number of aliphatic imine (C=N–C) groups is 1. The van der Waals surface area contributed by atoms with E-state index in [-0.39, 0.29) is 0 Å². The highest BCUT2D eigenvalue weighted by molar-refractivity contribution is 5.81. The molecule has 1 saturated carbocycles. The Hall–Kier alpha value is -0.770. The van der Waals surface area contributed by atoms with Crippen LogP contribution in [0, 0.1) is 11.3 Å². The van der Waals surface area contributed by atoms with E-state index in [2.05, 4.69) is 15.6 Å². The van der Waals surface area contributed by atoms with Crippen molar-refractivity contribution in [2.45, 2.75) is 6.42 Å². The topological polar surface area (TPSA) is 45.6 Å². The van der Waals surface area contributed by atoms with Crippen LogP contribution in [0.2, 0.25) is 0 Å². The van der Waals surface area contributed by atoms with Crippen LogP contribution in [0.4, 0.5) is 0 Å². The number of fused-ring (bicyclic) bond motifs is 1. The van der Waals surface area contributed by atoms with Gasteiger partial charge < -0.3 is 15.4 Å². The molecular formula is C9H15N3O. The Morgan fingerprint density at radius 1 is 1.69 bits per heavy atom. The maximum absolute atomic E-state index is 5.42. The summed E-state index contributed by atoms with van der Waals surface area (Å²) in [6.45, 7) is 4.84. The minimum atomic E-state index is 0.465. The van der Waals surface area contributed by atoms with E-state index in [0.717, 1.165) is 44.7 Å². The van der Waals surface area contributed by atoms with Gasteiger partial charge in [-0.15, -0.1) is 0 Å². The fourth-order valence-electron chi connectivity index (χ4n) is 2.29. The molecule has 0 amide bonds. The minimum Gasteiger partial charge on any atom is -0.380 e. The minimum absolute atomic E-state index is 0.465. The average molecular weight is 181 g/mol. The van der Waals surface area contributed by atoms with Crippen molar-refractivity contribution in [2.24, 2.45) is 16.3 Å². The first-order valence-corrected chi connectivity index (χ1v) is 4.99. The smallest absolute Gasteiger partial charge is 0.191 e. The molecule has 2 N–H and O–H groups in total. The quantitative estimate of drug-likeness (QED) is 0.608. The molecule has 2 unspecified atom stereocenters. The lowest BCUT2D eigenvalue weighted by Gasteiger charge is -2.12. The maximum atomic E-state index is 5.42. The van der Waals surface area contributed by atoms with Crippen molar-refractivity contribution in [2.75, 3.05) is 32.8 Å². The Balaban J connectivity index is 1.53. The molecule has 0 aromatic carbocycles. The number of ether oxygens (including phenoxy) is 1. The summed E-state index contributed by atoms with van der Waals surface area (Å²) in [6.07, 6.45) is 1.34. The van der Waals surface area contributed by atoms with Crippen LogP contribution in [0.25, 0.3) is 0 Å². The second-order valence-corrected chi connectivity index (χ2v) is 4.29. The van der Waals surface area contributed by atoms with Gasteiger partial charge in [-0.1, -0.05) is 0 Å². The van der Waals surface area contributed by atoms with Crippen LogP contribution < -0.4 is 10.6 Å². The number of nitrogens with one attached hydrogen (secondary N) is 2. The van der Waals surface area contributed by atoms with E-state index in [0.29, 0.717) is 5.41 Å². The fraction of sp³-hybridized carbons (Fsp3) is 0.889. The molecule has 72 valence electrons. The fourth-order valence-corrected chi connectivity index (χ4v) is 2.29. The molecule has 2 fully saturated rings. The SMILES string of the molecule is C1CNC(NCC23COCC2C3)=N1. The van der Waals surface area contributed by atoms with Gasteiger partial charge in [0.15, 0.2) is 5.96 Å². The van der Waals surface area contributed by atoms with Crippen molar-refractivity contribution in [3.8, 4) is 0 Å². The predicted molar refractivity (Wildman–Crippen MR) is 49.7 cm³/mol. The van der Waals surface area contributed by atoms with Crippen molar-refractivity contribution in [3.63, 3.8) is 0 Å². The molecule has 0 bridgehead atoms. The molecule has 13 heavy (non-hydrogen) atoms. The third-order valence-corrected chi connectivity index (χ3v) is 3.35. The molecule has 2 heterocycles. The summed E-state index contributed by atoms with van der Waals surface area (Å²) in [5.74, 6) is 1.80. The maximum Gasteiger partial charge on any atom is 0.191 e. The van der Waals surface area contributed by atoms with Gasteiger partial charge in [0.2, 0.25) is 0 Å². The van der Waals surface area contributed by atoms with Crippen molar-refractivity contribution < 1.29 is 4.74 Å². The van der Waals surface area contributed by atoms with E-state index >= 15 is 0 Å². The average Bonchev–Trinajstić information content (AvgIpc) is 2.61. The van der Waals surface area contributed by atoms with E-state index in [1.165, 1.54) is 6.42 Å². The van der Waals surface area contributed by atoms with Gasteiger partial charge in [-0.25, -0.2) is 0 Å². The highest BCUT2D eigenvalue weighted by Crippen LogP contribution is 2.56. The van der Waals surface area contributed by atoms with E-state index in [9.17, 15) is 0 Å². The van der Waals surface area contributed by atoms with Gasteiger partial charge >= 0.3 is 0 Å². The molecule has 3 aliphatic rings. The molecule has 0 spiro atoms. The lowest BCUT2D eigenvalue weighted by atomic mass is 10.1. The van der Waals surface area contributed by atoms with Crippen LogP contribution in [0.15, 0.2) is 4.99 Å². The molecule has 0 aromatic heterocycles.